The van der Waals surface area contributed by atoms with Gasteiger partial charge in [0.1, 0.15) is 0 Å². The molecule has 0 bridgehead atoms. The van der Waals surface area contributed by atoms with Gasteiger partial charge in [-0.15, -0.1) is 0 Å². The Hall–Kier alpha value is -1.43. The van der Waals surface area contributed by atoms with Crippen LogP contribution < -0.4 is 0 Å². The van der Waals surface area contributed by atoms with E-state index in [1.165, 1.54) is 21.5 Å². The maximum absolute atomic E-state index is 4.64. The number of aromatic nitrogens is 2. The molecule has 4 aromatic rings. The fourth-order valence-electron chi connectivity index (χ4n) is 2.39. The van der Waals surface area contributed by atoms with Gasteiger partial charge >= 0.3 is 109 Å². The van der Waals surface area contributed by atoms with Crippen LogP contribution in [0.2, 0.25) is 0 Å². The third-order valence-corrected chi connectivity index (χ3v) is 4.65. The summed E-state index contributed by atoms with van der Waals surface area (Å²) < 4.78 is 9.28. The van der Waals surface area contributed by atoms with Crippen molar-refractivity contribution in [2.45, 2.75) is 0 Å². The minimum absolute atomic E-state index is 0.560. The van der Waals surface area contributed by atoms with Crippen LogP contribution in [0.3, 0.4) is 0 Å². The van der Waals surface area contributed by atoms with E-state index < -0.39 is 21.0 Å². The summed E-state index contributed by atoms with van der Waals surface area (Å²) in [5.74, 6) is 0. The van der Waals surface area contributed by atoms with Crippen LogP contribution >= 0.6 is 0 Å². The normalized spacial score (nSPS) is 11.5. The van der Waals surface area contributed by atoms with Gasteiger partial charge in [0.15, 0.2) is 0 Å². The summed E-state index contributed by atoms with van der Waals surface area (Å²) in [6, 6.07) is 17.0. The second kappa shape index (κ2) is 3.53. The number of hydrogen-bond acceptors (Lipinski definition) is 2. The van der Waals surface area contributed by atoms with Crippen LogP contribution in [0.4, 0.5) is 0 Å². The molecule has 0 amide bonds. The molecule has 0 aliphatic carbocycles. The predicted molar refractivity (Wildman–Crippen MR) is 71.5 cm³/mol. The molecule has 3 heteroatoms. The fourth-order valence-corrected chi connectivity index (χ4v) is 4.03. The molecule has 0 atom stereocenters. The van der Waals surface area contributed by atoms with Crippen molar-refractivity contribution in [2.75, 3.05) is 0 Å². The summed E-state index contributed by atoms with van der Waals surface area (Å²) >= 11 is -0.560. The van der Waals surface area contributed by atoms with Crippen molar-refractivity contribution in [1.29, 1.82) is 0 Å². The van der Waals surface area contributed by atoms with Gasteiger partial charge in [-0.1, -0.05) is 0 Å². The molecule has 0 radical (unpaired) electrons. The number of nitrogens with zero attached hydrogens (tertiary/aromatic N) is 2. The summed E-state index contributed by atoms with van der Waals surface area (Å²) in [5, 5.41) is 5.06. The van der Waals surface area contributed by atoms with Gasteiger partial charge in [0.25, 0.3) is 0 Å². The van der Waals surface area contributed by atoms with Crippen molar-refractivity contribution in [3.63, 3.8) is 0 Å². The van der Waals surface area contributed by atoms with Gasteiger partial charge in [-0.05, 0) is 0 Å². The monoisotopic (exact) mass is 334 g/mol. The fraction of sp³-hybridized carbons (Fsp3) is 0. The van der Waals surface area contributed by atoms with Gasteiger partial charge < -0.3 is 0 Å². The molecule has 3 aromatic carbocycles. The topological polar surface area (TPSA) is 25.8 Å². The minimum atomic E-state index is -0.560. The first-order chi connectivity index (χ1) is 8.45. The number of rotatable bonds is 0. The zero-order chi connectivity index (χ0) is 11.2. The Kier molecular flexibility index (Phi) is 1.99. The Balaban J connectivity index is 2.48. The van der Waals surface area contributed by atoms with Crippen LogP contribution in [0.15, 0.2) is 48.5 Å². The van der Waals surface area contributed by atoms with E-state index in [1.54, 1.807) is 0 Å². The summed E-state index contributed by atoms with van der Waals surface area (Å²) in [7, 11) is 0. The standard InChI is InChI=1S/C14H8N2Te/c1-3-7-11-9(5-1)10-6-2-4-8-12(10)14-13(11)15-17-16-14/h1-8H. The first kappa shape index (κ1) is 9.58. The van der Waals surface area contributed by atoms with E-state index in [-0.39, 0.29) is 0 Å². The molecule has 0 saturated carbocycles. The van der Waals surface area contributed by atoms with Crippen LogP contribution in [-0.4, -0.2) is 27.4 Å². The van der Waals surface area contributed by atoms with E-state index in [0.717, 1.165) is 11.0 Å². The maximum atomic E-state index is 4.64. The van der Waals surface area contributed by atoms with E-state index in [4.69, 9.17) is 0 Å². The summed E-state index contributed by atoms with van der Waals surface area (Å²) in [6.45, 7) is 0. The molecule has 0 fully saturated rings. The van der Waals surface area contributed by atoms with E-state index in [1.807, 2.05) is 0 Å². The van der Waals surface area contributed by atoms with Crippen LogP contribution in [-0.2, 0) is 0 Å². The zero-order valence-corrected chi connectivity index (χ0v) is 11.3. The van der Waals surface area contributed by atoms with Gasteiger partial charge in [0.2, 0.25) is 0 Å². The second-order valence-electron chi connectivity index (χ2n) is 4.05. The number of hydrogen-bond donors (Lipinski definition) is 0. The molecule has 0 saturated heterocycles. The Morgan fingerprint density at radius 3 is 1.47 bits per heavy atom. The average Bonchev–Trinajstić information content (AvgIpc) is 2.89. The number of fused-ring (bicyclic) bond motifs is 6. The van der Waals surface area contributed by atoms with Crippen molar-refractivity contribution < 1.29 is 0 Å². The molecular formula is C14H8N2Te. The van der Waals surface area contributed by atoms with Crippen LogP contribution in [0.1, 0.15) is 0 Å². The Morgan fingerprint density at radius 2 is 1.00 bits per heavy atom. The molecule has 0 N–H and O–H groups in total. The summed E-state index contributed by atoms with van der Waals surface area (Å²) in [6.07, 6.45) is 0. The van der Waals surface area contributed by atoms with Crippen molar-refractivity contribution in [2.24, 2.45) is 0 Å². The molecule has 0 aliphatic rings. The van der Waals surface area contributed by atoms with Crippen LogP contribution in [0, 0.1) is 0 Å². The van der Waals surface area contributed by atoms with Gasteiger partial charge in [-0.3, -0.25) is 0 Å². The first-order valence-corrected chi connectivity index (χ1v) is 7.55. The van der Waals surface area contributed by atoms with Crippen molar-refractivity contribution in [3.8, 4) is 0 Å². The van der Waals surface area contributed by atoms with Gasteiger partial charge in [0, 0.05) is 0 Å². The molecule has 17 heavy (non-hydrogen) atoms. The van der Waals surface area contributed by atoms with E-state index in [9.17, 15) is 0 Å². The van der Waals surface area contributed by atoms with Crippen LogP contribution in [0.25, 0.3) is 32.6 Å². The average molecular weight is 332 g/mol. The predicted octanol–water partition coefficient (Wildman–Crippen LogP) is 2.99. The third kappa shape index (κ3) is 1.27. The molecule has 1 aromatic heterocycles. The van der Waals surface area contributed by atoms with Crippen molar-refractivity contribution in [3.05, 3.63) is 48.5 Å². The Labute approximate surface area is 108 Å². The number of benzene rings is 3. The molecule has 80 valence electrons. The van der Waals surface area contributed by atoms with Crippen molar-refractivity contribution in [1.82, 2.24) is 6.41 Å². The molecule has 4 rings (SSSR count). The Bertz CT molecular complexity index is 779. The van der Waals surface area contributed by atoms with E-state index in [2.05, 4.69) is 54.9 Å². The molecular weight excluding hydrogens is 324 g/mol. The zero-order valence-electron chi connectivity index (χ0n) is 8.92. The van der Waals surface area contributed by atoms with E-state index in [0.29, 0.717) is 0 Å². The molecule has 0 aliphatic heterocycles. The summed E-state index contributed by atoms with van der Waals surface area (Å²) in [5.41, 5.74) is 2.23. The first-order valence-electron chi connectivity index (χ1n) is 5.47. The Morgan fingerprint density at radius 1 is 0.588 bits per heavy atom. The van der Waals surface area contributed by atoms with Crippen LogP contribution in [0.5, 0.6) is 0 Å². The molecule has 0 unspecified atom stereocenters. The molecule has 0 spiro atoms. The molecule has 2 nitrogen and oxygen atoms in total. The summed E-state index contributed by atoms with van der Waals surface area (Å²) in [4.78, 5) is 0. The molecule has 1 heterocycles. The third-order valence-electron chi connectivity index (χ3n) is 3.14. The van der Waals surface area contributed by atoms with Gasteiger partial charge in [-0.25, -0.2) is 0 Å². The van der Waals surface area contributed by atoms with E-state index >= 15 is 0 Å². The van der Waals surface area contributed by atoms with Crippen molar-refractivity contribution >= 4 is 53.6 Å². The quantitative estimate of drug-likeness (QED) is 0.366. The second-order valence-corrected chi connectivity index (χ2v) is 5.56. The van der Waals surface area contributed by atoms with Gasteiger partial charge in [0.05, 0.1) is 0 Å². The van der Waals surface area contributed by atoms with Gasteiger partial charge in [-0.2, -0.15) is 0 Å². The SMILES string of the molecule is c1ccc2c(c1)c1ccccc1c1n[te]nc21.